The fraction of sp³-hybridized carbons (Fsp3) is 0.500. The Hall–Kier alpha value is -1.25. The van der Waals surface area contributed by atoms with E-state index in [1.807, 2.05) is 12.1 Å². The molecule has 13 heavy (non-hydrogen) atoms. The topological polar surface area (TPSA) is 50.9 Å². The zero-order chi connectivity index (χ0) is 9.68. The number of aromatic nitrogens is 1. The molecule has 0 radical (unpaired) electrons. The van der Waals surface area contributed by atoms with Crippen LogP contribution in [0.2, 0.25) is 0 Å². The molecule has 1 rings (SSSR count). The van der Waals surface area contributed by atoms with Gasteiger partial charge in [0.25, 0.3) is 0 Å². The molecular weight excluding hydrogens is 162 g/mol. The van der Waals surface area contributed by atoms with Gasteiger partial charge in [0.2, 0.25) is 0 Å². The zero-order valence-corrected chi connectivity index (χ0v) is 8.25. The van der Waals surface area contributed by atoms with Crippen molar-refractivity contribution in [2.24, 2.45) is 0 Å². The summed E-state index contributed by atoms with van der Waals surface area (Å²) in [5, 5.41) is 3.29. The van der Waals surface area contributed by atoms with Crippen molar-refractivity contribution >= 4 is 11.6 Å². The van der Waals surface area contributed by atoms with Crippen LogP contribution in [0.3, 0.4) is 0 Å². The molecule has 0 aliphatic rings. The minimum atomic E-state index is 0.458. The number of hydrogen-bond donors (Lipinski definition) is 2. The fourth-order valence-corrected chi connectivity index (χ4v) is 1.29. The quantitative estimate of drug-likeness (QED) is 0.745. The van der Waals surface area contributed by atoms with Gasteiger partial charge < -0.3 is 11.1 Å². The van der Waals surface area contributed by atoms with Gasteiger partial charge in [0.15, 0.2) is 0 Å². The standard InChI is InChI=1S/C10H17N3/c1-3-5-8(2)12-10-7-4-6-9(11)13-10/h4,6-8H,3,5H2,1-2H3,(H3,11,12,13). The highest BCUT2D eigenvalue weighted by Crippen LogP contribution is 2.09. The van der Waals surface area contributed by atoms with Crippen molar-refractivity contribution in [1.82, 2.24) is 4.98 Å². The third-order valence-electron chi connectivity index (χ3n) is 1.89. The molecule has 1 aromatic rings. The summed E-state index contributed by atoms with van der Waals surface area (Å²) in [6.45, 7) is 4.32. The number of anilines is 2. The molecule has 0 bridgehead atoms. The lowest BCUT2D eigenvalue weighted by molar-refractivity contribution is 0.688. The van der Waals surface area contributed by atoms with Crippen LogP contribution in [0.1, 0.15) is 26.7 Å². The first-order valence-electron chi connectivity index (χ1n) is 4.71. The van der Waals surface area contributed by atoms with Crippen molar-refractivity contribution in [2.75, 3.05) is 11.1 Å². The Morgan fingerprint density at radius 3 is 2.92 bits per heavy atom. The summed E-state index contributed by atoms with van der Waals surface area (Å²) in [7, 11) is 0. The molecule has 0 saturated carbocycles. The average molecular weight is 179 g/mol. The Labute approximate surface area is 79.4 Å². The molecule has 0 spiro atoms. The first kappa shape index (κ1) is 9.84. The molecule has 0 fully saturated rings. The largest absolute Gasteiger partial charge is 0.384 e. The summed E-state index contributed by atoms with van der Waals surface area (Å²) in [6, 6.07) is 6.08. The van der Waals surface area contributed by atoms with Crippen LogP contribution >= 0.6 is 0 Å². The fourth-order valence-electron chi connectivity index (χ4n) is 1.29. The van der Waals surface area contributed by atoms with E-state index in [0.29, 0.717) is 11.9 Å². The van der Waals surface area contributed by atoms with Gasteiger partial charge in [-0.1, -0.05) is 19.4 Å². The monoisotopic (exact) mass is 179 g/mol. The van der Waals surface area contributed by atoms with Gasteiger partial charge in [-0.3, -0.25) is 0 Å². The Morgan fingerprint density at radius 1 is 1.54 bits per heavy atom. The van der Waals surface area contributed by atoms with E-state index in [9.17, 15) is 0 Å². The second kappa shape index (κ2) is 4.70. The molecule has 3 nitrogen and oxygen atoms in total. The molecule has 1 atom stereocenters. The van der Waals surface area contributed by atoms with Gasteiger partial charge >= 0.3 is 0 Å². The van der Waals surface area contributed by atoms with Crippen molar-refractivity contribution in [3.05, 3.63) is 18.2 Å². The van der Waals surface area contributed by atoms with Gasteiger partial charge in [-0.2, -0.15) is 0 Å². The van der Waals surface area contributed by atoms with Crippen molar-refractivity contribution in [1.29, 1.82) is 0 Å². The molecule has 0 aromatic carbocycles. The summed E-state index contributed by atoms with van der Waals surface area (Å²) < 4.78 is 0. The molecule has 0 aliphatic carbocycles. The molecule has 1 aromatic heterocycles. The molecule has 72 valence electrons. The normalized spacial score (nSPS) is 12.5. The first-order valence-corrected chi connectivity index (χ1v) is 4.71. The van der Waals surface area contributed by atoms with Gasteiger partial charge in [-0.05, 0) is 25.5 Å². The number of nitrogens with two attached hydrogens (primary N) is 1. The lowest BCUT2D eigenvalue weighted by atomic mass is 10.2. The molecule has 3 heteroatoms. The second-order valence-corrected chi connectivity index (χ2v) is 3.28. The van der Waals surface area contributed by atoms with Gasteiger partial charge in [0.05, 0.1) is 0 Å². The molecule has 3 N–H and O–H groups in total. The maximum atomic E-state index is 5.56. The molecular formula is C10H17N3. The highest BCUT2D eigenvalue weighted by atomic mass is 15.0. The SMILES string of the molecule is CCCC(C)Nc1cccc(N)n1. The summed E-state index contributed by atoms with van der Waals surface area (Å²) >= 11 is 0. The van der Waals surface area contributed by atoms with Crippen molar-refractivity contribution in [3.63, 3.8) is 0 Å². The van der Waals surface area contributed by atoms with E-state index in [1.54, 1.807) is 6.07 Å². The van der Waals surface area contributed by atoms with Gasteiger partial charge in [-0.15, -0.1) is 0 Å². The van der Waals surface area contributed by atoms with Crippen LogP contribution in [0.5, 0.6) is 0 Å². The third kappa shape index (κ3) is 3.32. The number of nitrogen functional groups attached to an aromatic ring is 1. The smallest absolute Gasteiger partial charge is 0.128 e. The minimum Gasteiger partial charge on any atom is -0.384 e. The highest BCUT2D eigenvalue weighted by molar-refractivity contribution is 5.42. The van der Waals surface area contributed by atoms with Gasteiger partial charge in [0.1, 0.15) is 11.6 Å². The van der Waals surface area contributed by atoms with Crippen LogP contribution in [0.4, 0.5) is 11.6 Å². The third-order valence-corrected chi connectivity index (χ3v) is 1.89. The maximum Gasteiger partial charge on any atom is 0.128 e. The lowest BCUT2D eigenvalue weighted by Gasteiger charge is -2.13. The molecule has 1 unspecified atom stereocenters. The average Bonchev–Trinajstić information content (AvgIpc) is 2.04. The molecule has 0 saturated heterocycles. The predicted molar refractivity (Wildman–Crippen MR) is 56.6 cm³/mol. The van der Waals surface area contributed by atoms with Crippen LogP contribution in [0.25, 0.3) is 0 Å². The lowest BCUT2D eigenvalue weighted by Crippen LogP contribution is -2.15. The Bertz CT molecular complexity index is 260. The maximum absolute atomic E-state index is 5.56. The van der Waals surface area contributed by atoms with E-state index in [0.717, 1.165) is 12.2 Å². The Morgan fingerprint density at radius 2 is 2.31 bits per heavy atom. The molecule has 1 heterocycles. The minimum absolute atomic E-state index is 0.458. The van der Waals surface area contributed by atoms with Crippen molar-refractivity contribution < 1.29 is 0 Å². The number of nitrogens with one attached hydrogen (secondary N) is 1. The predicted octanol–water partition coefficient (Wildman–Crippen LogP) is 2.26. The highest BCUT2D eigenvalue weighted by Gasteiger charge is 2.00. The van der Waals surface area contributed by atoms with Gasteiger partial charge in [0, 0.05) is 6.04 Å². The van der Waals surface area contributed by atoms with E-state index in [1.165, 1.54) is 6.42 Å². The van der Waals surface area contributed by atoms with Crippen molar-refractivity contribution in [2.45, 2.75) is 32.7 Å². The number of pyridine rings is 1. The Balaban J connectivity index is 2.53. The summed E-state index contributed by atoms with van der Waals surface area (Å²) in [6.07, 6.45) is 2.33. The van der Waals surface area contributed by atoms with E-state index < -0.39 is 0 Å². The van der Waals surface area contributed by atoms with E-state index in [2.05, 4.69) is 24.1 Å². The van der Waals surface area contributed by atoms with Gasteiger partial charge in [-0.25, -0.2) is 4.98 Å². The number of hydrogen-bond acceptors (Lipinski definition) is 3. The molecule has 0 amide bonds. The van der Waals surface area contributed by atoms with Crippen LogP contribution in [0.15, 0.2) is 18.2 Å². The second-order valence-electron chi connectivity index (χ2n) is 3.28. The van der Waals surface area contributed by atoms with Crippen LogP contribution in [-0.2, 0) is 0 Å². The van der Waals surface area contributed by atoms with Crippen LogP contribution in [-0.4, -0.2) is 11.0 Å². The molecule has 0 aliphatic heterocycles. The summed E-state index contributed by atoms with van der Waals surface area (Å²) in [5.41, 5.74) is 5.56. The zero-order valence-electron chi connectivity index (χ0n) is 8.25. The number of rotatable bonds is 4. The summed E-state index contributed by atoms with van der Waals surface area (Å²) in [5.74, 6) is 1.43. The Kier molecular flexibility index (Phi) is 3.55. The number of nitrogens with zero attached hydrogens (tertiary/aromatic N) is 1. The van der Waals surface area contributed by atoms with E-state index in [4.69, 9.17) is 5.73 Å². The first-order chi connectivity index (χ1) is 6.22. The van der Waals surface area contributed by atoms with Crippen molar-refractivity contribution in [3.8, 4) is 0 Å². The van der Waals surface area contributed by atoms with Crippen LogP contribution < -0.4 is 11.1 Å². The summed E-state index contributed by atoms with van der Waals surface area (Å²) in [4.78, 5) is 4.16. The van der Waals surface area contributed by atoms with Crippen LogP contribution in [0, 0.1) is 0 Å². The van der Waals surface area contributed by atoms with E-state index >= 15 is 0 Å². The van der Waals surface area contributed by atoms with E-state index in [-0.39, 0.29) is 0 Å².